The fourth-order valence-electron chi connectivity index (χ4n) is 7.11. The van der Waals surface area contributed by atoms with Crippen LogP contribution in [0.3, 0.4) is 0 Å². The van der Waals surface area contributed by atoms with Crippen LogP contribution >= 0.6 is 0 Å². The minimum Gasteiger partial charge on any atom is -0.322 e. The Labute approximate surface area is 196 Å². The Morgan fingerprint density at radius 3 is 2.67 bits per heavy atom. The Kier molecular flexibility index (Phi) is 5.13. The van der Waals surface area contributed by atoms with Gasteiger partial charge in [0.2, 0.25) is 11.8 Å². The van der Waals surface area contributed by atoms with Crippen LogP contribution in [-0.2, 0) is 21.5 Å². The Bertz CT molecular complexity index is 998. The number of likely N-dealkylation sites (tertiary alicyclic amines) is 1. The van der Waals surface area contributed by atoms with Crippen LogP contribution in [0.2, 0.25) is 0 Å². The standard InChI is InChI=1S/C27H35N3O3/c1-17-2-4-18(5-3-17)14-29-11-10-27(13-21(27)16-29)20-6-7-22-19(12-20)15-30(26(22)33)23-8-9-24(31)28-25(23)32/h6-7,12,17-18,21,23H,2-5,8-11,13-16H2,1H3,(H,28,31,32). The van der Waals surface area contributed by atoms with Gasteiger partial charge in [-0.05, 0) is 73.6 Å². The fourth-order valence-corrected chi connectivity index (χ4v) is 7.11. The van der Waals surface area contributed by atoms with E-state index in [9.17, 15) is 14.4 Å². The third-order valence-electron chi connectivity index (χ3n) is 9.34. The highest BCUT2D eigenvalue weighted by Crippen LogP contribution is 2.59. The van der Waals surface area contributed by atoms with Crippen molar-refractivity contribution >= 4 is 17.7 Å². The second kappa shape index (κ2) is 7.93. The molecule has 1 aromatic carbocycles. The first kappa shape index (κ1) is 21.3. The minimum absolute atomic E-state index is 0.0764. The van der Waals surface area contributed by atoms with E-state index in [1.807, 2.05) is 6.07 Å². The van der Waals surface area contributed by atoms with E-state index < -0.39 is 6.04 Å². The number of fused-ring (bicyclic) bond motifs is 2. The molecule has 3 aliphatic heterocycles. The Morgan fingerprint density at radius 2 is 1.91 bits per heavy atom. The maximum atomic E-state index is 13.0. The number of amides is 3. The minimum atomic E-state index is -0.538. The summed E-state index contributed by atoms with van der Waals surface area (Å²) in [5.74, 6) is 1.87. The molecule has 0 spiro atoms. The van der Waals surface area contributed by atoms with Gasteiger partial charge in [-0.1, -0.05) is 31.9 Å². The summed E-state index contributed by atoms with van der Waals surface area (Å²) < 4.78 is 0. The zero-order valence-electron chi connectivity index (χ0n) is 19.6. The molecule has 4 fully saturated rings. The van der Waals surface area contributed by atoms with E-state index in [2.05, 4.69) is 29.3 Å². The van der Waals surface area contributed by atoms with Crippen LogP contribution in [0, 0.1) is 17.8 Å². The van der Waals surface area contributed by atoms with Crippen molar-refractivity contribution in [1.82, 2.24) is 15.1 Å². The number of carbonyl (C=O) groups excluding carboxylic acids is 3. The molecule has 3 atom stereocenters. The summed E-state index contributed by atoms with van der Waals surface area (Å²) in [6.45, 7) is 6.54. The summed E-state index contributed by atoms with van der Waals surface area (Å²) in [4.78, 5) is 41.2. The number of hydrogen-bond acceptors (Lipinski definition) is 4. The number of hydrogen-bond donors (Lipinski definition) is 1. The van der Waals surface area contributed by atoms with Crippen LogP contribution in [0.5, 0.6) is 0 Å². The molecule has 2 aliphatic carbocycles. The monoisotopic (exact) mass is 449 g/mol. The molecule has 1 aromatic rings. The number of benzene rings is 1. The molecule has 0 bridgehead atoms. The van der Waals surface area contributed by atoms with Crippen molar-refractivity contribution in [3.8, 4) is 0 Å². The summed E-state index contributed by atoms with van der Waals surface area (Å²) in [7, 11) is 0. The van der Waals surface area contributed by atoms with Gasteiger partial charge in [0.15, 0.2) is 0 Å². The molecule has 3 unspecified atom stereocenters. The molecule has 33 heavy (non-hydrogen) atoms. The average molecular weight is 450 g/mol. The molecule has 3 heterocycles. The molecule has 6 heteroatoms. The van der Waals surface area contributed by atoms with Crippen molar-refractivity contribution < 1.29 is 14.4 Å². The smallest absolute Gasteiger partial charge is 0.255 e. The second-order valence-electron chi connectivity index (χ2n) is 11.5. The Morgan fingerprint density at radius 1 is 1.09 bits per heavy atom. The predicted molar refractivity (Wildman–Crippen MR) is 124 cm³/mol. The molecule has 6 rings (SSSR count). The molecule has 6 nitrogen and oxygen atoms in total. The van der Waals surface area contributed by atoms with Crippen molar-refractivity contribution in [2.45, 2.75) is 76.3 Å². The van der Waals surface area contributed by atoms with E-state index in [0.717, 1.165) is 28.9 Å². The maximum absolute atomic E-state index is 13.0. The molecule has 2 saturated carbocycles. The zero-order chi connectivity index (χ0) is 22.7. The Hall–Kier alpha value is -2.21. The molecule has 2 saturated heterocycles. The SMILES string of the molecule is CC1CCC(CN2CCC3(c4ccc5c(c4)CN(C4CCC(=O)NC4=O)C5=O)CC3C2)CC1. The van der Waals surface area contributed by atoms with Gasteiger partial charge in [0.25, 0.3) is 5.91 Å². The summed E-state index contributed by atoms with van der Waals surface area (Å²) in [5.41, 5.74) is 3.44. The van der Waals surface area contributed by atoms with Crippen molar-refractivity contribution in [3.63, 3.8) is 0 Å². The number of nitrogens with one attached hydrogen (secondary N) is 1. The number of carbonyl (C=O) groups is 3. The zero-order valence-corrected chi connectivity index (χ0v) is 19.6. The van der Waals surface area contributed by atoms with Crippen molar-refractivity contribution in [2.75, 3.05) is 19.6 Å². The van der Waals surface area contributed by atoms with Crippen molar-refractivity contribution in [2.24, 2.45) is 17.8 Å². The quantitative estimate of drug-likeness (QED) is 0.717. The number of piperidine rings is 2. The molecule has 176 valence electrons. The van der Waals surface area contributed by atoms with Crippen LogP contribution in [0.15, 0.2) is 18.2 Å². The lowest BCUT2D eigenvalue weighted by molar-refractivity contribution is -0.136. The van der Waals surface area contributed by atoms with Gasteiger partial charge in [0.1, 0.15) is 6.04 Å². The molecule has 3 amide bonds. The van der Waals surface area contributed by atoms with Gasteiger partial charge < -0.3 is 9.80 Å². The highest BCUT2D eigenvalue weighted by atomic mass is 16.2. The largest absolute Gasteiger partial charge is 0.322 e. The first-order valence-electron chi connectivity index (χ1n) is 12.9. The third-order valence-corrected chi connectivity index (χ3v) is 9.34. The van der Waals surface area contributed by atoms with E-state index in [-0.39, 0.29) is 23.1 Å². The van der Waals surface area contributed by atoms with E-state index in [0.29, 0.717) is 19.4 Å². The normalized spacial score (nSPS) is 36.4. The van der Waals surface area contributed by atoms with Gasteiger partial charge in [0, 0.05) is 37.0 Å². The number of rotatable bonds is 4. The fraction of sp³-hybridized carbons (Fsp3) is 0.667. The summed E-state index contributed by atoms with van der Waals surface area (Å²) >= 11 is 0. The van der Waals surface area contributed by atoms with Gasteiger partial charge in [-0.15, -0.1) is 0 Å². The Balaban J connectivity index is 1.12. The first-order chi connectivity index (χ1) is 15.9. The first-order valence-corrected chi connectivity index (χ1v) is 12.9. The second-order valence-corrected chi connectivity index (χ2v) is 11.5. The molecule has 5 aliphatic rings. The van der Waals surface area contributed by atoms with Crippen molar-refractivity contribution in [3.05, 3.63) is 34.9 Å². The van der Waals surface area contributed by atoms with Gasteiger partial charge in [-0.25, -0.2) is 0 Å². The van der Waals surface area contributed by atoms with Crippen LogP contribution in [0.1, 0.15) is 79.8 Å². The highest BCUT2D eigenvalue weighted by molar-refractivity contribution is 6.05. The van der Waals surface area contributed by atoms with Gasteiger partial charge in [0.05, 0.1) is 0 Å². The van der Waals surface area contributed by atoms with E-state index >= 15 is 0 Å². The van der Waals surface area contributed by atoms with Crippen LogP contribution in [-0.4, -0.2) is 53.2 Å². The summed E-state index contributed by atoms with van der Waals surface area (Å²) in [6.07, 6.45) is 8.78. The lowest BCUT2D eigenvalue weighted by Gasteiger charge is -2.36. The highest BCUT2D eigenvalue weighted by Gasteiger charge is 2.57. The van der Waals surface area contributed by atoms with E-state index in [1.165, 1.54) is 63.7 Å². The molecular formula is C27H35N3O3. The average Bonchev–Trinajstić information content (AvgIpc) is 3.45. The van der Waals surface area contributed by atoms with Gasteiger partial charge in [-0.3, -0.25) is 19.7 Å². The van der Waals surface area contributed by atoms with Crippen LogP contribution < -0.4 is 5.32 Å². The van der Waals surface area contributed by atoms with E-state index in [4.69, 9.17) is 0 Å². The topological polar surface area (TPSA) is 69.7 Å². The molecule has 0 radical (unpaired) electrons. The maximum Gasteiger partial charge on any atom is 0.255 e. The van der Waals surface area contributed by atoms with Gasteiger partial charge >= 0.3 is 0 Å². The lowest BCUT2D eigenvalue weighted by atomic mass is 9.82. The lowest BCUT2D eigenvalue weighted by Crippen LogP contribution is -2.52. The van der Waals surface area contributed by atoms with Crippen LogP contribution in [0.25, 0.3) is 0 Å². The predicted octanol–water partition coefficient (Wildman–Crippen LogP) is 3.24. The molecule has 0 aromatic heterocycles. The molecule has 1 N–H and O–H groups in total. The van der Waals surface area contributed by atoms with Crippen molar-refractivity contribution in [1.29, 1.82) is 0 Å². The molecular weight excluding hydrogens is 414 g/mol. The number of nitrogens with zero attached hydrogens (tertiary/aromatic N) is 2. The van der Waals surface area contributed by atoms with Gasteiger partial charge in [-0.2, -0.15) is 0 Å². The summed E-state index contributed by atoms with van der Waals surface area (Å²) in [5, 5.41) is 2.39. The third kappa shape index (κ3) is 3.71. The van der Waals surface area contributed by atoms with E-state index in [1.54, 1.807) is 4.90 Å². The van der Waals surface area contributed by atoms with Crippen LogP contribution in [0.4, 0.5) is 0 Å². The summed E-state index contributed by atoms with van der Waals surface area (Å²) in [6, 6.07) is 5.86. The number of imide groups is 1.